The van der Waals surface area contributed by atoms with Gasteiger partial charge in [0.1, 0.15) is 4.99 Å². The van der Waals surface area contributed by atoms with Gasteiger partial charge in [0.25, 0.3) is 0 Å². The zero-order chi connectivity index (χ0) is 15.2. The Morgan fingerprint density at radius 2 is 2.05 bits per heavy atom. The van der Waals surface area contributed by atoms with Crippen molar-refractivity contribution in [3.63, 3.8) is 0 Å². The number of benzene rings is 1. The van der Waals surface area contributed by atoms with Crippen molar-refractivity contribution < 1.29 is 5.11 Å². The largest absolute Gasteiger partial charge is 0.389 e. The summed E-state index contributed by atoms with van der Waals surface area (Å²) in [6.45, 7) is 1.54. The molecule has 5 heteroatoms. The summed E-state index contributed by atoms with van der Waals surface area (Å²) in [6.07, 6.45) is 0.514. The highest BCUT2D eigenvalue weighted by Gasteiger charge is 2.11. The van der Waals surface area contributed by atoms with Gasteiger partial charge in [0.2, 0.25) is 0 Å². The highest BCUT2D eigenvalue weighted by molar-refractivity contribution is 7.80. The average Bonchev–Trinajstić information content (AvgIpc) is 2.98. The van der Waals surface area contributed by atoms with Gasteiger partial charge in [0, 0.05) is 23.5 Å². The first-order valence-corrected chi connectivity index (χ1v) is 8.14. The molecule has 0 saturated carbocycles. The Labute approximate surface area is 135 Å². The Morgan fingerprint density at radius 3 is 2.62 bits per heavy atom. The van der Waals surface area contributed by atoms with Gasteiger partial charge in [-0.1, -0.05) is 42.5 Å². The summed E-state index contributed by atoms with van der Waals surface area (Å²) in [5.41, 5.74) is 7.28. The zero-order valence-corrected chi connectivity index (χ0v) is 13.7. The third kappa shape index (κ3) is 4.89. The predicted molar refractivity (Wildman–Crippen MR) is 92.8 cm³/mol. The Balaban J connectivity index is 1.85. The van der Waals surface area contributed by atoms with E-state index in [9.17, 15) is 5.11 Å². The van der Waals surface area contributed by atoms with Crippen molar-refractivity contribution in [2.24, 2.45) is 5.73 Å². The number of rotatable bonds is 7. The molecule has 1 aromatic heterocycles. The van der Waals surface area contributed by atoms with Crippen LogP contribution in [0.1, 0.15) is 22.1 Å². The summed E-state index contributed by atoms with van der Waals surface area (Å²) in [7, 11) is 2.03. The monoisotopic (exact) mass is 320 g/mol. The molecule has 2 aromatic rings. The van der Waals surface area contributed by atoms with Crippen LogP contribution >= 0.6 is 23.6 Å². The second kappa shape index (κ2) is 7.66. The van der Waals surface area contributed by atoms with Crippen LogP contribution in [0.4, 0.5) is 0 Å². The van der Waals surface area contributed by atoms with Crippen LogP contribution in [0.3, 0.4) is 0 Å². The third-order valence-corrected chi connectivity index (χ3v) is 4.56. The van der Waals surface area contributed by atoms with E-state index in [1.165, 1.54) is 4.88 Å². The number of thiocarbonyl (C=S) groups is 1. The topological polar surface area (TPSA) is 49.5 Å². The summed E-state index contributed by atoms with van der Waals surface area (Å²) in [6, 6.07) is 11.7. The van der Waals surface area contributed by atoms with Crippen LogP contribution in [-0.2, 0) is 6.42 Å². The molecule has 0 saturated heterocycles. The van der Waals surface area contributed by atoms with Gasteiger partial charge in [-0.2, -0.15) is 0 Å². The fraction of sp³-hybridized carbons (Fsp3) is 0.312. The van der Waals surface area contributed by atoms with E-state index in [0.717, 1.165) is 24.1 Å². The Hall–Kier alpha value is -1.27. The first-order valence-electron chi connectivity index (χ1n) is 6.85. The van der Waals surface area contributed by atoms with Crippen LogP contribution in [0.25, 0.3) is 0 Å². The number of likely N-dealkylation sites (N-methyl/N-ethyl adjacent to an activating group) is 1. The van der Waals surface area contributed by atoms with Gasteiger partial charge >= 0.3 is 0 Å². The standard InChI is InChI=1S/C16H20N2OS2/c1-18(9-8-14-3-2-10-21-14)11-15(19)12-4-6-13(7-5-12)16(17)20/h2-7,10,15,19H,8-9,11H2,1H3,(H2,17,20). The van der Waals surface area contributed by atoms with E-state index in [1.54, 1.807) is 11.3 Å². The molecule has 1 heterocycles. The number of aliphatic hydroxyl groups is 1. The number of hydrogen-bond acceptors (Lipinski definition) is 4. The third-order valence-electron chi connectivity index (χ3n) is 3.38. The van der Waals surface area contributed by atoms with Crippen molar-refractivity contribution in [1.82, 2.24) is 4.90 Å². The number of nitrogens with two attached hydrogens (primary N) is 1. The number of thiophene rings is 1. The molecule has 112 valence electrons. The molecular weight excluding hydrogens is 300 g/mol. The minimum Gasteiger partial charge on any atom is -0.389 e. The van der Waals surface area contributed by atoms with Crippen LogP contribution in [0.15, 0.2) is 41.8 Å². The fourth-order valence-electron chi connectivity index (χ4n) is 2.12. The molecule has 1 aromatic carbocycles. The van der Waals surface area contributed by atoms with Gasteiger partial charge in [0.15, 0.2) is 0 Å². The number of aliphatic hydroxyl groups excluding tert-OH is 1. The van der Waals surface area contributed by atoms with Gasteiger partial charge in [-0.15, -0.1) is 11.3 Å². The maximum Gasteiger partial charge on any atom is 0.103 e. The van der Waals surface area contributed by atoms with Crippen molar-refractivity contribution in [2.45, 2.75) is 12.5 Å². The zero-order valence-electron chi connectivity index (χ0n) is 12.0. The molecule has 2 rings (SSSR count). The van der Waals surface area contributed by atoms with Crippen molar-refractivity contribution in [1.29, 1.82) is 0 Å². The van der Waals surface area contributed by atoms with Crippen LogP contribution < -0.4 is 5.73 Å². The van der Waals surface area contributed by atoms with Crippen LogP contribution in [-0.4, -0.2) is 35.1 Å². The van der Waals surface area contributed by atoms with Gasteiger partial charge in [0.05, 0.1) is 6.10 Å². The Bertz CT molecular complexity index is 566. The summed E-state index contributed by atoms with van der Waals surface area (Å²) in [5, 5.41) is 12.4. The van der Waals surface area contributed by atoms with E-state index in [0.29, 0.717) is 11.5 Å². The summed E-state index contributed by atoms with van der Waals surface area (Å²) in [5.74, 6) is 0. The van der Waals surface area contributed by atoms with Crippen LogP contribution in [0.2, 0.25) is 0 Å². The van der Waals surface area contributed by atoms with Crippen molar-refractivity contribution in [3.05, 3.63) is 57.8 Å². The molecule has 3 nitrogen and oxygen atoms in total. The lowest BCUT2D eigenvalue weighted by Gasteiger charge is -2.20. The van der Waals surface area contributed by atoms with Crippen LogP contribution in [0, 0.1) is 0 Å². The maximum absolute atomic E-state index is 10.3. The fourth-order valence-corrected chi connectivity index (χ4v) is 2.95. The second-order valence-electron chi connectivity index (χ2n) is 5.09. The van der Waals surface area contributed by atoms with E-state index < -0.39 is 6.10 Å². The summed E-state index contributed by atoms with van der Waals surface area (Å²) < 4.78 is 0. The van der Waals surface area contributed by atoms with Crippen molar-refractivity contribution in [3.8, 4) is 0 Å². The van der Waals surface area contributed by atoms with Gasteiger partial charge in [-0.25, -0.2) is 0 Å². The van der Waals surface area contributed by atoms with Crippen molar-refractivity contribution in [2.75, 3.05) is 20.1 Å². The minimum absolute atomic E-state index is 0.379. The highest BCUT2D eigenvalue weighted by atomic mass is 32.1. The average molecular weight is 320 g/mol. The normalized spacial score (nSPS) is 12.5. The maximum atomic E-state index is 10.3. The summed E-state index contributed by atoms with van der Waals surface area (Å²) in [4.78, 5) is 3.90. The van der Waals surface area contributed by atoms with E-state index in [1.807, 2.05) is 31.3 Å². The van der Waals surface area contributed by atoms with Gasteiger partial charge in [-0.3, -0.25) is 0 Å². The Kier molecular flexibility index (Phi) is 5.87. The molecule has 0 radical (unpaired) electrons. The lowest BCUT2D eigenvalue weighted by atomic mass is 10.1. The van der Waals surface area contributed by atoms with E-state index in [-0.39, 0.29) is 0 Å². The molecule has 0 bridgehead atoms. The predicted octanol–water partition coefficient (Wildman–Crippen LogP) is 2.59. The first kappa shape index (κ1) is 16.1. The highest BCUT2D eigenvalue weighted by Crippen LogP contribution is 2.16. The van der Waals surface area contributed by atoms with E-state index >= 15 is 0 Å². The smallest absolute Gasteiger partial charge is 0.103 e. The molecule has 1 atom stereocenters. The van der Waals surface area contributed by atoms with E-state index in [2.05, 4.69) is 22.4 Å². The Morgan fingerprint density at radius 1 is 1.33 bits per heavy atom. The quantitative estimate of drug-likeness (QED) is 0.770. The lowest BCUT2D eigenvalue weighted by molar-refractivity contribution is 0.127. The van der Waals surface area contributed by atoms with E-state index in [4.69, 9.17) is 18.0 Å². The van der Waals surface area contributed by atoms with Crippen LogP contribution in [0.5, 0.6) is 0 Å². The van der Waals surface area contributed by atoms with Gasteiger partial charge in [-0.05, 0) is 30.5 Å². The molecule has 21 heavy (non-hydrogen) atoms. The number of hydrogen-bond donors (Lipinski definition) is 2. The molecule has 1 unspecified atom stereocenters. The molecule has 0 aliphatic rings. The molecule has 0 amide bonds. The molecule has 0 aliphatic carbocycles. The summed E-state index contributed by atoms with van der Waals surface area (Å²) >= 11 is 6.69. The van der Waals surface area contributed by atoms with Crippen molar-refractivity contribution >= 4 is 28.5 Å². The first-order chi connectivity index (χ1) is 10.1. The molecular formula is C16H20N2OS2. The minimum atomic E-state index is -0.501. The SMILES string of the molecule is CN(CCc1cccs1)CC(O)c1ccc(C(N)=S)cc1. The molecule has 0 fully saturated rings. The number of nitrogens with zero attached hydrogens (tertiary/aromatic N) is 1. The van der Waals surface area contributed by atoms with Gasteiger partial charge < -0.3 is 15.7 Å². The lowest BCUT2D eigenvalue weighted by Crippen LogP contribution is -2.26. The molecule has 0 aliphatic heterocycles. The molecule has 3 N–H and O–H groups in total. The molecule has 0 spiro atoms. The second-order valence-corrected chi connectivity index (χ2v) is 6.57.